The minimum Gasteiger partial charge on any atom is -0.308 e. The van der Waals surface area contributed by atoms with Crippen LogP contribution in [0.25, 0.3) is 6.08 Å². The largest absolute Gasteiger partial charge is 0.426 e. The standard InChI is InChI=1S/C17H9Cl3F4N2O2/c18-10-2-1-3-11(19)14(10)15(27)26-16(28)25-9-4-5-12(21)8(6-9)7-13(20)17(22,23)24/h1-7H,(H2,25,26,27,28)/b13-7-. The van der Waals surface area contributed by atoms with Gasteiger partial charge in [-0.2, -0.15) is 13.2 Å². The van der Waals surface area contributed by atoms with Gasteiger partial charge in [-0.1, -0.05) is 40.9 Å². The van der Waals surface area contributed by atoms with Gasteiger partial charge in [0.15, 0.2) is 0 Å². The molecule has 2 aromatic carbocycles. The molecule has 0 fully saturated rings. The zero-order chi connectivity index (χ0) is 21.1. The molecule has 2 aromatic rings. The lowest BCUT2D eigenvalue weighted by atomic mass is 10.1. The number of carbonyl (C=O) groups is 2. The van der Waals surface area contributed by atoms with Gasteiger partial charge in [0.05, 0.1) is 15.6 Å². The number of anilines is 1. The molecule has 0 spiro atoms. The van der Waals surface area contributed by atoms with Crippen LogP contribution in [0.4, 0.5) is 28.0 Å². The van der Waals surface area contributed by atoms with Crippen molar-refractivity contribution < 1.29 is 27.2 Å². The molecule has 0 saturated carbocycles. The quantitative estimate of drug-likeness (QED) is 0.539. The third-order valence-electron chi connectivity index (χ3n) is 3.22. The van der Waals surface area contributed by atoms with Crippen LogP contribution < -0.4 is 10.6 Å². The van der Waals surface area contributed by atoms with Crippen molar-refractivity contribution in [3.63, 3.8) is 0 Å². The van der Waals surface area contributed by atoms with Crippen molar-refractivity contribution in [1.82, 2.24) is 5.32 Å². The lowest BCUT2D eigenvalue weighted by Gasteiger charge is -2.10. The van der Waals surface area contributed by atoms with Gasteiger partial charge in [-0.05, 0) is 36.4 Å². The topological polar surface area (TPSA) is 58.2 Å². The molecular weight excluding hydrogens is 447 g/mol. The fraction of sp³-hybridized carbons (Fsp3) is 0.0588. The molecule has 0 heterocycles. The monoisotopic (exact) mass is 454 g/mol. The van der Waals surface area contributed by atoms with E-state index in [-0.39, 0.29) is 21.3 Å². The molecule has 0 aromatic heterocycles. The van der Waals surface area contributed by atoms with Gasteiger partial charge in [-0.3, -0.25) is 10.1 Å². The highest BCUT2D eigenvalue weighted by Crippen LogP contribution is 2.31. The summed E-state index contributed by atoms with van der Waals surface area (Å²) in [5.74, 6) is -1.90. The number of benzene rings is 2. The van der Waals surface area contributed by atoms with Crippen LogP contribution in [0, 0.1) is 5.82 Å². The first-order valence-electron chi connectivity index (χ1n) is 7.29. The van der Waals surface area contributed by atoms with E-state index in [1.165, 1.54) is 18.2 Å². The van der Waals surface area contributed by atoms with Crippen LogP contribution in [-0.4, -0.2) is 18.1 Å². The van der Waals surface area contributed by atoms with Crippen molar-refractivity contribution >= 4 is 58.5 Å². The smallest absolute Gasteiger partial charge is 0.308 e. The number of rotatable bonds is 3. The number of nitrogens with one attached hydrogen (secondary N) is 2. The van der Waals surface area contributed by atoms with E-state index in [0.29, 0.717) is 6.08 Å². The first-order valence-corrected chi connectivity index (χ1v) is 8.42. The molecule has 11 heteroatoms. The summed E-state index contributed by atoms with van der Waals surface area (Å²) in [4.78, 5) is 24.1. The van der Waals surface area contributed by atoms with Gasteiger partial charge >= 0.3 is 12.2 Å². The summed E-state index contributed by atoms with van der Waals surface area (Å²) in [5, 5.41) is 2.61. The Kier molecular flexibility index (Phi) is 6.92. The molecule has 148 valence electrons. The molecular formula is C17H9Cl3F4N2O2. The molecule has 2 rings (SSSR count). The number of carbonyl (C=O) groups excluding carboxylic acids is 2. The predicted octanol–water partition coefficient (Wildman–Crippen LogP) is 6.24. The van der Waals surface area contributed by atoms with E-state index in [1.807, 2.05) is 5.32 Å². The third kappa shape index (κ3) is 5.60. The molecule has 0 aliphatic rings. The molecule has 0 aliphatic heterocycles. The van der Waals surface area contributed by atoms with Gasteiger partial charge < -0.3 is 5.32 Å². The Labute approximate surface area is 171 Å². The highest BCUT2D eigenvalue weighted by molar-refractivity contribution is 6.40. The highest BCUT2D eigenvalue weighted by Gasteiger charge is 2.32. The Hall–Kier alpha value is -2.29. The molecule has 0 bridgehead atoms. The number of alkyl halides is 3. The van der Waals surface area contributed by atoms with E-state index < -0.39 is 34.5 Å². The minimum atomic E-state index is -4.85. The summed E-state index contributed by atoms with van der Waals surface area (Å²) in [6, 6.07) is 6.07. The summed E-state index contributed by atoms with van der Waals surface area (Å²) in [7, 11) is 0. The number of allylic oxidation sites excluding steroid dienone is 1. The second-order valence-electron chi connectivity index (χ2n) is 5.23. The number of urea groups is 1. The maximum atomic E-state index is 13.7. The van der Waals surface area contributed by atoms with E-state index in [0.717, 1.165) is 18.2 Å². The van der Waals surface area contributed by atoms with Gasteiger partial charge in [0, 0.05) is 11.3 Å². The van der Waals surface area contributed by atoms with Crippen LogP contribution in [0.15, 0.2) is 41.4 Å². The van der Waals surface area contributed by atoms with Crippen molar-refractivity contribution in [2.45, 2.75) is 6.18 Å². The SMILES string of the molecule is O=C(NC(=O)c1c(Cl)cccc1Cl)Nc1ccc(F)c(/C=C(\Cl)C(F)(F)F)c1. The van der Waals surface area contributed by atoms with E-state index in [2.05, 4.69) is 5.32 Å². The Morgan fingerprint density at radius 3 is 2.21 bits per heavy atom. The van der Waals surface area contributed by atoms with Gasteiger partial charge in [-0.15, -0.1) is 0 Å². The van der Waals surface area contributed by atoms with Crippen LogP contribution >= 0.6 is 34.8 Å². The van der Waals surface area contributed by atoms with Gasteiger partial charge in [-0.25, -0.2) is 9.18 Å². The van der Waals surface area contributed by atoms with Crippen molar-refractivity contribution in [1.29, 1.82) is 0 Å². The molecule has 0 radical (unpaired) electrons. The number of hydrogen-bond acceptors (Lipinski definition) is 2. The van der Waals surface area contributed by atoms with Crippen LogP contribution in [0.3, 0.4) is 0 Å². The summed E-state index contributed by atoms with van der Waals surface area (Å²) in [6.07, 6.45) is -4.48. The van der Waals surface area contributed by atoms with E-state index >= 15 is 0 Å². The van der Waals surface area contributed by atoms with E-state index in [4.69, 9.17) is 34.8 Å². The third-order valence-corrected chi connectivity index (χ3v) is 4.18. The molecule has 0 unspecified atom stereocenters. The minimum absolute atomic E-state index is 0.00815. The Bertz CT molecular complexity index is 942. The van der Waals surface area contributed by atoms with Gasteiger partial charge in [0.2, 0.25) is 0 Å². The van der Waals surface area contributed by atoms with Crippen molar-refractivity contribution in [3.8, 4) is 0 Å². The van der Waals surface area contributed by atoms with E-state index in [1.54, 1.807) is 0 Å². The van der Waals surface area contributed by atoms with Crippen molar-refractivity contribution in [2.75, 3.05) is 5.32 Å². The second-order valence-corrected chi connectivity index (χ2v) is 6.45. The number of halogens is 7. The van der Waals surface area contributed by atoms with Gasteiger partial charge in [0.1, 0.15) is 10.8 Å². The predicted molar refractivity (Wildman–Crippen MR) is 99.2 cm³/mol. The van der Waals surface area contributed by atoms with Crippen LogP contribution in [-0.2, 0) is 0 Å². The maximum Gasteiger partial charge on any atom is 0.426 e. The van der Waals surface area contributed by atoms with Crippen molar-refractivity contribution in [2.24, 2.45) is 0 Å². The second kappa shape index (κ2) is 8.81. The fourth-order valence-corrected chi connectivity index (χ4v) is 2.68. The zero-order valence-corrected chi connectivity index (χ0v) is 15.8. The molecule has 0 atom stereocenters. The van der Waals surface area contributed by atoms with Crippen LogP contribution in [0.1, 0.15) is 15.9 Å². The van der Waals surface area contributed by atoms with E-state index in [9.17, 15) is 27.2 Å². The Balaban J connectivity index is 2.17. The Morgan fingerprint density at radius 2 is 1.64 bits per heavy atom. The Morgan fingerprint density at radius 1 is 1.04 bits per heavy atom. The molecule has 28 heavy (non-hydrogen) atoms. The van der Waals surface area contributed by atoms with Gasteiger partial charge in [0.25, 0.3) is 5.91 Å². The lowest BCUT2D eigenvalue weighted by molar-refractivity contribution is -0.0836. The molecule has 3 amide bonds. The summed E-state index contributed by atoms with van der Waals surface area (Å²) in [6.45, 7) is 0. The molecule has 0 saturated heterocycles. The fourth-order valence-electron chi connectivity index (χ4n) is 1.99. The van der Waals surface area contributed by atoms with Crippen LogP contribution in [0.2, 0.25) is 10.0 Å². The average molecular weight is 456 g/mol. The molecule has 2 N–H and O–H groups in total. The molecule has 0 aliphatic carbocycles. The summed E-state index contributed by atoms with van der Waals surface area (Å²) >= 11 is 16.8. The number of amides is 3. The highest BCUT2D eigenvalue weighted by atomic mass is 35.5. The zero-order valence-electron chi connectivity index (χ0n) is 13.5. The maximum absolute atomic E-state index is 13.7. The molecule has 4 nitrogen and oxygen atoms in total. The average Bonchev–Trinajstić information content (AvgIpc) is 2.56. The number of imide groups is 1. The van der Waals surface area contributed by atoms with Crippen molar-refractivity contribution in [3.05, 3.63) is 68.4 Å². The number of hydrogen-bond donors (Lipinski definition) is 2. The first kappa shape index (κ1) is 22.0. The summed E-state index contributed by atoms with van der Waals surface area (Å²) < 4.78 is 51.2. The normalized spacial score (nSPS) is 11.9. The summed E-state index contributed by atoms with van der Waals surface area (Å²) in [5.41, 5.74) is -0.740. The lowest BCUT2D eigenvalue weighted by Crippen LogP contribution is -2.34. The van der Waals surface area contributed by atoms with Crippen LogP contribution in [0.5, 0.6) is 0 Å². The first-order chi connectivity index (χ1) is 13.0.